The summed E-state index contributed by atoms with van der Waals surface area (Å²) in [6.07, 6.45) is 0.863. The molecule has 1 aromatic heterocycles. The van der Waals surface area contributed by atoms with E-state index in [-0.39, 0.29) is 12.6 Å². The van der Waals surface area contributed by atoms with E-state index in [1.165, 1.54) is 15.3 Å². The van der Waals surface area contributed by atoms with Crippen LogP contribution < -0.4 is 5.32 Å². The number of rotatable bonds is 6. The second kappa shape index (κ2) is 6.69. The highest BCUT2D eigenvalue weighted by atomic mass is 32.1. The van der Waals surface area contributed by atoms with Crippen molar-refractivity contribution in [3.8, 4) is 0 Å². The van der Waals surface area contributed by atoms with Crippen LogP contribution in [0, 0.1) is 6.92 Å². The average molecular weight is 261 g/mol. The molecule has 3 heteroatoms. The van der Waals surface area contributed by atoms with E-state index in [1.54, 1.807) is 11.3 Å². The first kappa shape index (κ1) is 13.3. The van der Waals surface area contributed by atoms with Crippen molar-refractivity contribution >= 4 is 11.3 Å². The smallest absolute Gasteiger partial charge is 0.0587 e. The van der Waals surface area contributed by atoms with Crippen LogP contribution in [0.15, 0.2) is 42.5 Å². The molecule has 2 aromatic rings. The number of aliphatic hydroxyl groups excluding tert-OH is 1. The SMILES string of the molecule is Cc1ccc(CN[C@H](CO)Cc2ccccc2)s1. The highest BCUT2D eigenvalue weighted by Gasteiger charge is 2.08. The number of aliphatic hydroxyl groups is 1. The molecule has 2 nitrogen and oxygen atoms in total. The van der Waals surface area contributed by atoms with Crippen molar-refractivity contribution in [2.24, 2.45) is 0 Å². The van der Waals surface area contributed by atoms with E-state index in [0.29, 0.717) is 0 Å². The van der Waals surface area contributed by atoms with E-state index in [2.05, 4.69) is 36.5 Å². The highest BCUT2D eigenvalue weighted by Crippen LogP contribution is 2.15. The molecule has 0 saturated carbocycles. The summed E-state index contributed by atoms with van der Waals surface area (Å²) < 4.78 is 0. The molecule has 96 valence electrons. The first-order chi connectivity index (χ1) is 8.78. The van der Waals surface area contributed by atoms with Crippen molar-refractivity contribution in [1.82, 2.24) is 5.32 Å². The molecule has 0 aliphatic rings. The molecule has 0 aliphatic heterocycles. The monoisotopic (exact) mass is 261 g/mol. The average Bonchev–Trinajstić information content (AvgIpc) is 2.81. The van der Waals surface area contributed by atoms with E-state index in [1.807, 2.05) is 18.2 Å². The Kier molecular flexibility index (Phi) is 4.93. The largest absolute Gasteiger partial charge is 0.395 e. The Bertz CT molecular complexity index is 466. The Labute approximate surface area is 112 Å². The van der Waals surface area contributed by atoms with Gasteiger partial charge in [-0.3, -0.25) is 0 Å². The van der Waals surface area contributed by atoms with Gasteiger partial charge in [-0.2, -0.15) is 0 Å². The zero-order valence-corrected chi connectivity index (χ0v) is 11.4. The maximum absolute atomic E-state index is 9.41. The van der Waals surface area contributed by atoms with Crippen molar-refractivity contribution in [2.45, 2.75) is 25.9 Å². The van der Waals surface area contributed by atoms with Crippen LogP contribution in [-0.2, 0) is 13.0 Å². The van der Waals surface area contributed by atoms with Crippen LogP contribution in [0.1, 0.15) is 15.3 Å². The molecule has 0 unspecified atom stereocenters. The summed E-state index contributed by atoms with van der Waals surface area (Å²) in [6, 6.07) is 14.7. The van der Waals surface area contributed by atoms with Crippen LogP contribution in [0.3, 0.4) is 0 Å². The molecule has 0 radical (unpaired) electrons. The minimum Gasteiger partial charge on any atom is -0.395 e. The van der Waals surface area contributed by atoms with Gasteiger partial charge in [-0.1, -0.05) is 30.3 Å². The van der Waals surface area contributed by atoms with Crippen molar-refractivity contribution in [3.05, 3.63) is 57.8 Å². The van der Waals surface area contributed by atoms with Gasteiger partial charge in [-0.25, -0.2) is 0 Å². The van der Waals surface area contributed by atoms with Gasteiger partial charge >= 0.3 is 0 Å². The third-order valence-electron chi connectivity index (χ3n) is 2.91. The van der Waals surface area contributed by atoms with Gasteiger partial charge in [0.25, 0.3) is 0 Å². The first-order valence-corrected chi connectivity index (χ1v) is 7.03. The normalized spacial score (nSPS) is 12.6. The van der Waals surface area contributed by atoms with E-state index in [0.717, 1.165) is 13.0 Å². The van der Waals surface area contributed by atoms with Crippen LogP contribution in [0.2, 0.25) is 0 Å². The molecule has 0 bridgehead atoms. The second-order valence-corrected chi connectivity index (χ2v) is 5.83. The van der Waals surface area contributed by atoms with Gasteiger partial charge in [0.2, 0.25) is 0 Å². The molecule has 2 N–H and O–H groups in total. The molecule has 0 fully saturated rings. The lowest BCUT2D eigenvalue weighted by molar-refractivity contribution is 0.241. The lowest BCUT2D eigenvalue weighted by Gasteiger charge is -2.15. The lowest BCUT2D eigenvalue weighted by atomic mass is 10.1. The Hall–Kier alpha value is -1.16. The van der Waals surface area contributed by atoms with Gasteiger partial charge < -0.3 is 10.4 Å². The van der Waals surface area contributed by atoms with Crippen molar-refractivity contribution in [1.29, 1.82) is 0 Å². The summed E-state index contributed by atoms with van der Waals surface area (Å²) in [4.78, 5) is 2.65. The third kappa shape index (κ3) is 3.95. The molecule has 2 rings (SSSR count). The number of nitrogens with one attached hydrogen (secondary N) is 1. The Balaban J connectivity index is 1.86. The number of thiophene rings is 1. The topological polar surface area (TPSA) is 32.3 Å². The predicted octanol–water partition coefficient (Wildman–Crippen LogP) is 2.75. The zero-order chi connectivity index (χ0) is 12.8. The summed E-state index contributed by atoms with van der Waals surface area (Å²) in [5.41, 5.74) is 1.26. The van der Waals surface area contributed by atoms with Gasteiger partial charge in [0.15, 0.2) is 0 Å². The molecule has 0 spiro atoms. The predicted molar refractivity (Wildman–Crippen MR) is 76.9 cm³/mol. The summed E-state index contributed by atoms with van der Waals surface area (Å²) >= 11 is 1.80. The van der Waals surface area contributed by atoms with Crippen LogP contribution in [-0.4, -0.2) is 17.8 Å². The van der Waals surface area contributed by atoms with Crippen molar-refractivity contribution in [2.75, 3.05) is 6.61 Å². The standard InChI is InChI=1S/C15H19NOS/c1-12-7-8-15(18-12)10-16-14(11-17)9-13-5-3-2-4-6-13/h2-8,14,16-17H,9-11H2,1H3/t14-/m0/s1. The number of benzene rings is 1. The number of aryl methyl sites for hydroxylation is 1. The Morgan fingerprint density at radius 3 is 2.56 bits per heavy atom. The maximum atomic E-state index is 9.41. The fourth-order valence-electron chi connectivity index (χ4n) is 1.92. The Morgan fingerprint density at radius 2 is 1.94 bits per heavy atom. The summed E-state index contributed by atoms with van der Waals surface area (Å²) in [5, 5.41) is 12.8. The minimum atomic E-state index is 0.120. The first-order valence-electron chi connectivity index (χ1n) is 6.21. The molecule has 1 heterocycles. The van der Waals surface area contributed by atoms with E-state index < -0.39 is 0 Å². The van der Waals surface area contributed by atoms with E-state index in [4.69, 9.17) is 0 Å². The molecular weight excluding hydrogens is 242 g/mol. The van der Waals surface area contributed by atoms with Crippen LogP contribution in [0.25, 0.3) is 0 Å². The molecule has 0 saturated heterocycles. The maximum Gasteiger partial charge on any atom is 0.0587 e. The molecule has 18 heavy (non-hydrogen) atoms. The fourth-order valence-corrected chi connectivity index (χ4v) is 2.77. The summed E-state index contributed by atoms with van der Waals surface area (Å²) in [7, 11) is 0. The molecule has 1 aromatic carbocycles. The Morgan fingerprint density at radius 1 is 1.17 bits per heavy atom. The van der Waals surface area contributed by atoms with Crippen LogP contribution in [0.4, 0.5) is 0 Å². The number of hydrogen-bond donors (Lipinski definition) is 2. The van der Waals surface area contributed by atoms with Crippen LogP contribution in [0.5, 0.6) is 0 Å². The van der Waals surface area contributed by atoms with Gasteiger partial charge in [0.05, 0.1) is 6.61 Å². The van der Waals surface area contributed by atoms with Gasteiger partial charge in [-0.05, 0) is 31.0 Å². The second-order valence-electron chi connectivity index (χ2n) is 4.46. The molecular formula is C15H19NOS. The van der Waals surface area contributed by atoms with E-state index >= 15 is 0 Å². The molecule has 1 atom stereocenters. The minimum absolute atomic E-state index is 0.120. The van der Waals surface area contributed by atoms with E-state index in [9.17, 15) is 5.11 Å². The van der Waals surface area contributed by atoms with Crippen LogP contribution >= 0.6 is 11.3 Å². The van der Waals surface area contributed by atoms with Gasteiger partial charge in [0, 0.05) is 22.3 Å². The molecule has 0 amide bonds. The van der Waals surface area contributed by atoms with Gasteiger partial charge in [-0.15, -0.1) is 11.3 Å². The van der Waals surface area contributed by atoms with Crippen molar-refractivity contribution < 1.29 is 5.11 Å². The third-order valence-corrected chi connectivity index (χ3v) is 3.91. The van der Waals surface area contributed by atoms with Gasteiger partial charge in [0.1, 0.15) is 0 Å². The lowest BCUT2D eigenvalue weighted by Crippen LogP contribution is -2.33. The fraction of sp³-hybridized carbons (Fsp3) is 0.333. The number of hydrogen-bond acceptors (Lipinski definition) is 3. The highest BCUT2D eigenvalue weighted by molar-refractivity contribution is 7.11. The van der Waals surface area contributed by atoms with Crippen molar-refractivity contribution in [3.63, 3.8) is 0 Å². The summed E-state index contributed by atoms with van der Waals surface area (Å²) in [6.45, 7) is 3.11. The zero-order valence-electron chi connectivity index (χ0n) is 10.6. The summed E-state index contributed by atoms with van der Waals surface area (Å²) in [5.74, 6) is 0. The quantitative estimate of drug-likeness (QED) is 0.838. The molecule has 0 aliphatic carbocycles.